The zero-order valence-electron chi connectivity index (χ0n) is 14.9. The van der Waals surface area contributed by atoms with Crippen molar-refractivity contribution in [1.29, 1.82) is 0 Å². The molecular formula is C19H23N3O3S. The number of benzene rings is 2. The number of carbonyl (C=O) groups is 1. The lowest BCUT2D eigenvalue weighted by molar-refractivity contribution is 0.192. The van der Waals surface area contributed by atoms with Crippen LogP contribution in [0, 0.1) is 6.92 Å². The molecule has 1 aliphatic heterocycles. The van der Waals surface area contributed by atoms with Gasteiger partial charge in [0.2, 0.25) is 0 Å². The number of anilines is 1. The third-order valence-electron chi connectivity index (χ3n) is 4.56. The first-order chi connectivity index (χ1) is 12.4. The second-order valence-electron chi connectivity index (χ2n) is 6.55. The highest BCUT2D eigenvalue weighted by Crippen LogP contribution is 2.20. The van der Waals surface area contributed by atoms with Gasteiger partial charge in [0, 0.05) is 31.4 Å². The predicted molar refractivity (Wildman–Crippen MR) is 102 cm³/mol. The van der Waals surface area contributed by atoms with E-state index in [1.54, 1.807) is 17.0 Å². The molecule has 3 rings (SSSR count). The summed E-state index contributed by atoms with van der Waals surface area (Å²) >= 11 is 0. The van der Waals surface area contributed by atoms with Gasteiger partial charge in [-0.15, -0.1) is 0 Å². The smallest absolute Gasteiger partial charge is 0.331 e. The van der Waals surface area contributed by atoms with E-state index in [9.17, 15) is 13.2 Å². The Balaban J connectivity index is 1.65. The van der Waals surface area contributed by atoms with Crippen LogP contribution in [0.15, 0.2) is 59.5 Å². The monoisotopic (exact) mass is 373 g/mol. The maximum atomic E-state index is 12.5. The molecule has 0 aromatic heterocycles. The van der Waals surface area contributed by atoms with Crippen molar-refractivity contribution in [3.05, 3.63) is 60.2 Å². The summed E-state index contributed by atoms with van der Waals surface area (Å²) in [5.41, 5.74) is 2.06. The van der Waals surface area contributed by atoms with Crippen LogP contribution in [0.2, 0.25) is 0 Å². The van der Waals surface area contributed by atoms with E-state index >= 15 is 0 Å². The molecule has 0 bridgehead atoms. The van der Waals surface area contributed by atoms with Gasteiger partial charge in [0.1, 0.15) is 0 Å². The minimum atomic E-state index is -3.86. The molecule has 1 aliphatic rings. The average molecular weight is 373 g/mol. The topological polar surface area (TPSA) is 69.7 Å². The summed E-state index contributed by atoms with van der Waals surface area (Å²) in [4.78, 5) is 16.3. The lowest BCUT2D eigenvalue weighted by atomic mass is 10.1. The Morgan fingerprint density at radius 3 is 2.31 bits per heavy atom. The first-order valence-electron chi connectivity index (χ1n) is 8.57. The molecule has 0 radical (unpaired) electrons. The Morgan fingerprint density at radius 2 is 1.69 bits per heavy atom. The Labute approximate surface area is 154 Å². The molecule has 26 heavy (non-hydrogen) atoms. The van der Waals surface area contributed by atoms with Crippen molar-refractivity contribution in [1.82, 2.24) is 9.62 Å². The van der Waals surface area contributed by atoms with E-state index in [1.165, 1.54) is 12.1 Å². The normalized spacial score (nSPS) is 17.8. The fourth-order valence-electron chi connectivity index (χ4n) is 3.10. The number of aryl methyl sites for hydroxylation is 1. The molecule has 138 valence electrons. The van der Waals surface area contributed by atoms with Crippen LogP contribution >= 0.6 is 0 Å². The number of nitrogens with one attached hydrogen (secondary N) is 1. The van der Waals surface area contributed by atoms with Crippen LogP contribution in [-0.2, 0) is 10.0 Å². The number of para-hydroxylation sites is 1. The molecule has 2 amide bonds. The molecule has 1 heterocycles. The second-order valence-corrected chi connectivity index (χ2v) is 8.23. The molecule has 2 aromatic carbocycles. The molecule has 0 saturated carbocycles. The Kier molecular flexibility index (Phi) is 5.18. The molecule has 1 N–H and O–H groups in total. The molecule has 1 unspecified atom stereocenters. The maximum absolute atomic E-state index is 12.5. The van der Waals surface area contributed by atoms with Crippen molar-refractivity contribution >= 4 is 21.7 Å². The van der Waals surface area contributed by atoms with Crippen LogP contribution in [0.4, 0.5) is 10.5 Å². The van der Waals surface area contributed by atoms with Gasteiger partial charge in [-0.25, -0.2) is 17.9 Å². The van der Waals surface area contributed by atoms with Gasteiger partial charge in [-0.05, 0) is 38.1 Å². The van der Waals surface area contributed by atoms with E-state index in [0.717, 1.165) is 11.3 Å². The Morgan fingerprint density at radius 1 is 1.04 bits per heavy atom. The summed E-state index contributed by atoms with van der Waals surface area (Å²) in [6.45, 7) is 5.49. The quantitative estimate of drug-likeness (QED) is 0.898. The summed E-state index contributed by atoms with van der Waals surface area (Å²) in [6, 6.07) is 15.9. The van der Waals surface area contributed by atoms with Crippen LogP contribution in [0.25, 0.3) is 0 Å². The maximum Gasteiger partial charge on any atom is 0.331 e. The van der Waals surface area contributed by atoms with Gasteiger partial charge in [-0.3, -0.25) is 0 Å². The van der Waals surface area contributed by atoms with E-state index in [2.05, 4.69) is 9.62 Å². The van der Waals surface area contributed by atoms with E-state index in [1.807, 2.05) is 44.2 Å². The molecule has 1 saturated heterocycles. The second kappa shape index (κ2) is 7.37. The van der Waals surface area contributed by atoms with Gasteiger partial charge in [0.15, 0.2) is 0 Å². The minimum absolute atomic E-state index is 0.0902. The highest BCUT2D eigenvalue weighted by Gasteiger charge is 2.29. The van der Waals surface area contributed by atoms with Gasteiger partial charge in [0.05, 0.1) is 4.90 Å². The number of amides is 2. The van der Waals surface area contributed by atoms with Gasteiger partial charge >= 0.3 is 6.03 Å². The van der Waals surface area contributed by atoms with Crippen molar-refractivity contribution in [3.63, 3.8) is 0 Å². The van der Waals surface area contributed by atoms with Crippen LogP contribution in [0.3, 0.4) is 0 Å². The molecule has 7 heteroatoms. The molecule has 0 aliphatic carbocycles. The van der Waals surface area contributed by atoms with Crippen molar-refractivity contribution in [2.45, 2.75) is 24.8 Å². The summed E-state index contributed by atoms with van der Waals surface area (Å²) in [5, 5.41) is 0. The number of urea groups is 1. The minimum Gasteiger partial charge on any atom is -0.365 e. The number of hydrogen-bond donors (Lipinski definition) is 1. The fourth-order valence-corrected chi connectivity index (χ4v) is 4.07. The van der Waals surface area contributed by atoms with Crippen molar-refractivity contribution in [2.75, 3.05) is 24.5 Å². The lowest BCUT2D eigenvalue weighted by Crippen LogP contribution is -2.56. The van der Waals surface area contributed by atoms with Gasteiger partial charge in [-0.2, -0.15) is 0 Å². The number of rotatable bonds is 3. The Hall–Kier alpha value is -2.54. The number of hydrogen-bond acceptors (Lipinski definition) is 4. The number of carbonyl (C=O) groups excluding carboxylic acids is 1. The summed E-state index contributed by atoms with van der Waals surface area (Å²) in [6.07, 6.45) is 0. The van der Waals surface area contributed by atoms with Crippen LogP contribution < -0.4 is 9.62 Å². The van der Waals surface area contributed by atoms with Crippen molar-refractivity contribution < 1.29 is 13.2 Å². The number of sulfonamides is 1. The summed E-state index contributed by atoms with van der Waals surface area (Å²) in [5.74, 6) is 0. The van der Waals surface area contributed by atoms with Crippen LogP contribution in [0.5, 0.6) is 0 Å². The Bertz CT molecular complexity index is 867. The third-order valence-corrected chi connectivity index (χ3v) is 5.89. The lowest BCUT2D eigenvalue weighted by Gasteiger charge is -2.41. The SMILES string of the molecule is Cc1ccc(S(=O)(=O)NC(=O)N2CCN(c3ccccc3)C(C)C2)cc1. The highest BCUT2D eigenvalue weighted by molar-refractivity contribution is 7.90. The molecule has 2 aromatic rings. The summed E-state index contributed by atoms with van der Waals surface area (Å²) in [7, 11) is -3.86. The van der Waals surface area contributed by atoms with Gasteiger partial charge in [-0.1, -0.05) is 35.9 Å². The molecule has 0 spiro atoms. The first kappa shape index (κ1) is 18.3. The van der Waals surface area contributed by atoms with Crippen molar-refractivity contribution in [3.8, 4) is 0 Å². The first-order valence-corrected chi connectivity index (χ1v) is 10.1. The van der Waals surface area contributed by atoms with Crippen molar-refractivity contribution in [2.24, 2.45) is 0 Å². The van der Waals surface area contributed by atoms with E-state index in [4.69, 9.17) is 0 Å². The summed E-state index contributed by atoms with van der Waals surface area (Å²) < 4.78 is 27.0. The van der Waals surface area contributed by atoms with Gasteiger partial charge < -0.3 is 9.80 Å². The van der Waals surface area contributed by atoms with E-state index in [0.29, 0.717) is 19.6 Å². The zero-order valence-corrected chi connectivity index (χ0v) is 15.7. The predicted octanol–water partition coefficient (Wildman–Crippen LogP) is 2.60. The molecule has 1 atom stereocenters. The van der Waals surface area contributed by atoms with E-state index in [-0.39, 0.29) is 10.9 Å². The molecule has 1 fully saturated rings. The zero-order chi connectivity index (χ0) is 18.7. The number of nitrogens with zero attached hydrogens (tertiary/aromatic N) is 2. The van der Waals surface area contributed by atoms with Crippen LogP contribution in [-0.4, -0.2) is 45.0 Å². The third kappa shape index (κ3) is 3.99. The fraction of sp³-hybridized carbons (Fsp3) is 0.316. The standard InChI is InChI=1S/C19H23N3O3S/c1-15-8-10-18(11-9-15)26(24,25)20-19(23)21-12-13-22(16(2)14-21)17-6-4-3-5-7-17/h3-11,16H,12-14H2,1-2H3,(H,20,23). The average Bonchev–Trinajstić information content (AvgIpc) is 2.62. The molecular weight excluding hydrogens is 350 g/mol. The largest absolute Gasteiger partial charge is 0.365 e. The van der Waals surface area contributed by atoms with Gasteiger partial charge in [0.25, 0.3) is 10.0 Å². The molecule has 6 nitrogen and oxygen atoms in total. The van der Waals surface area contributed by atoms with E-state index < -0.39 is 16.1 Å². The number of piperazine rings is 1. The highest BCUT2D eigenvalue weighted by atomic mass is 32.2. The van der Waals surface area contributed by atoms with Crippen LogP contribution in [0.1, 0.15) is 12.5 Å².